The van der Waals surface area contributed by atoms with Gasteiger partial charge in [-0.2, -0.15) is 0 Å². The molecule has 180 valence electrons. The standard InChI is InChI=1S/C27H38FN3O2/c1-20(2)33-19-22-8-10-24(28)16-23(22)17-31-14-12-26(18-31)32-15-4-3-7-25-11-9-21-6-5-13-29-27(21)30-25/h8-11,16,20,26H,3-7,12-15,17-19H2,1-2H3,(H,29,30). The van der Waals surface area contributed by atoms with Gasteiger partial charge in [0.25, 0.3) is 0 Å². The van der Waals surface area contributed by atoms with E-state index in [1.165, 1.54) is 23.7 Å². The number of aromatic nitrogens is 1. The largest absolute Gasteiger partial charge is 0.377 e. The van der Waals surface area contributed by atoms with Crippen molar-refractivity contribution in [3.63, 3.8) is 0 Å². The molecule has 1 unspecified atom stereocenters. The van der Waals surface area contributed by atoms with Gasteiger partial charge in [0.15, 0.2) is 0 Å². The maximum atomic E-state index is 13.8. The normalized spacial score (nSPS) is 18.5. The van der Waals surface area contributed by atoms with Crippen LogP contribution in [-0.4, -0.2) is 48.3 Å². The average molecular weight is 456 g/mol. The van der Waals surface area contributed by atoms with Crippen molar-refractivity contribution in [3.8, 4) is 0 Å². The first kappa shape index (κ1) is 24.1. The molecule has 0 saturated carbocycles. The third-order valence-corrected chi connectivity index (χ3v) is 6.50. The van der Waals surface area contributed by atoms with Crippen LogP contribution in [0.3, 0.4) is 0 Å². The maximum absolute atomic E-state index is 13.8. The molecule has 0 bridgehead atoms. The Labute approximate surface area is 197 Å². The number of anilines is 1. The van der Waals surface area contributed by atoms with Crippen LogP contribution in [0.25, 0.3) is 0 Å². The van der Waals surface area contributed by atoms with Crippen LogP contribution in [0.2, 0.25) is 0 Å². The number of benzene rings is 1. The minimum absolute atomic E-state index is 0.159. The number of nitrogens with zero attached hydrogens (tertiary/aromatic N) is 2. The van der Waals surface area contributed by atoms with Gasteiger partial charge in [-0.05, 0) is 87.3 Å². The molecule has 2 aromatic rings. The van der Waals surface area contributed by atoms with E-state index in [-0.39, 0.29) is 18.0 Å². The Kier molecular flexibility index (Phi) is 8.70. The molecule has 3 heterocycles. The van der Waals surface area contributed by atoms with Crippen molar-refractivity contribution >= 4 is 5.82 Å². The lowest BCUT2D eigenvalue weighted by molar-refractivity contribution is 0.0556. The molecule has 0 amide bonds. The number of ether oxygens (including phenoxy) is 2. The minimum atomic E-state index is -0.186. The van der Waals surface area contributed by atoms with Gasteiger partial charge >= 0.3 is 0 Å². The van der Waals surface area contributed by atoms with Crippen LogP contribution in [-0.2, 0) is 35.5 Å². The molecule has 1 aromatic carbocycles. The number of likely N-dealkylation sites (tertiary alicyclic amines) is 1. The van der Waals surface area contributed by atoms with E-state index >= 15 is 0 Å². The Balaban J connectivity index is 1.16. The molecule has 5 nitrogen and oxygen atoms in total. The second-order valence-corrected chi connectivity index (χ2v) is 9.59. The number of halogens is 1. The van der Waals surface area contributed by atoms with Gasteiger partial charge in [-0.25, -0.2) is 9.37 Å². The molecule has 33 heavy (non-hydrogen) atoms. The highest BCUT2D eigenvalue weighted by Crippen LogP contribution is 2.22. The van der Waals surface area contributed by atoms with Crippen LogP contribution in [0.15, 0.2) is 30.3 Å². The third-order valence-electron chi connectivity index (χ3n) is 6.50. The molecule has 1 fully saturated rings. The number of fused-ring (bicyclic) bond motifs is 1. The van der Waals surface area contributed by atoms with E-state index in [9.17, 15) is 4.39 Å². The summed E-state index contributed by atoms with van der Waals surface area (Å²) < 4.78 is 25.8. The number of nitrogens with one attached hydrogen (secondary N) is 1. The van der Waals surface area contributed by atoms with Crippen molar-refractivity contribution in [1.29, 1.82) is 0 Å². The lowest BCUT2D eigenvalue weighted by atomic mass is 10.1. The zero-order chi connectivity index (χ0) is 23.0. The molecule has 1 saturated heterocycles. The Morgan fingerprint density at radius 2 is 2.09 bits per heavy atom. The highest BCUT2D eigenvalue weighted by molar-refractivity contribution is 5.47. The second-order valence-electron chi connectivity index (χ2n) is 9.59. The van der Waals surface area contributed by atoms with Gasteiger partial charge < -0.3 is 14.8 Å². The first-order valence-electron chi connectivity index (χ1n) is 12.5. The van der Waals surface area contributed by atoms with Crippen molar-refractivity contribution in [1.82, 2.24) is 9.88 Å². The molecular formula is C27H38FN3O2. The molecule has 0 aliphatic carbocycles. The highest BCUT2D eigenvalue weighted by atomic mass is 19.1. The van der Waals surface area contributed by atoms with Gasteiger partial charge in [-0.1, -0.05) is 12.1 Å². The van der Waals surface area contributed by atoms with Gasteiger partial charge in [0, 0.05) is 38.5 Å². The van der Waals surface area contributed by atoms with Crippen LogP contribution < -0.4 is 5.32 Å². The molecule has 0 spiro atoms. The molecule has 2 aliphatic rings. The predicted molar refractivity (Wildman–Crippen MR) is 130 cm³/mol. The van der Waals surface area contributed by atoms with Crippen LogP contribution in [0.4, 0.5) is 10.2 Å². The summed E-state index contributed by atoms with van der Waals surface area (Å²) in [5.41, 5.74) is 4.60. The monoisotopic (exact) mass is 455 g/mol. The first-order valence-corrected chi connectivity index (χ1v) is 12.5. The Hall–Kier alpha value is -2.02. The molecule has 2 aliphatic heterocycles. The zero-order valence-electron chi connectivity index (χ0n) is 20.1. The van der Waals surface area contributed by atoms with Gasteiger partial charge in [-0.15, -0.1) is 0 Å². The van der Waals surface area contributed by atoms with Crippen molar-refractivity contribution in [2.45, 2.75) is 77.7 Å². The Morgan fingerprint density at radius 1 is 1.18 bits per heavy atom. The van der Waals surface area contributed by atoms with Crippen molar-refractivity contribution in [3.05, 3.63) is 58.5 Å². The van der Waals surface area contributed by atoms with Crippen LogP contribution >= 0.6 is 0 Å². The summed E-state index contributed by atoms with van der Waals surface area (Å²) in [5.74, 6) is 0.896. The first-order chi connectivity index (χ1) is 16.1. The van der Waals surface area contributed by atoms with E-state index in [0.717, 1.165) is 81.8 Å². The van der Waals surface area contributed by atoms with Crippen molar-refractivity contribution in [2.24, 2.45) is 0 Å². The fourth-order valence-corrected chi connectivity index (χ4v) is 4.62. The summed E-state index contributed by atoms with van der Waals surface area (Å²) >= 11 is 0. The molecule has 1 atom stereocenters. The van der Waals surface area contributed by atoms with Gasteiger partial charge in [0.05, 0.1) is 18.8 Å². The van der Waals surface area contributed by atoms with E-state index in [0.29, 0.717) is 6.61 Å². The summed E-state index contributed by atoms with van der Waals surface area (Å²) in [4.78, 5) is 7.14. The Morgan fingerprint density at radius 3 is 2.97 bits per heavy atom. The number of pyridine rings is 1. The number of aryl methyl sites for hydroxylation is 2. The van der Waals surface area contributed by atoms with E-state index in [2.05, 4.69) is 22.3 Å². The van der Waals surface area contributed by atoms with E-state index < -0.39 is 0 Å². The van der Waals surface area contributed by atoms with E-state index in [1.807, 2.05) is 19.9 Å². The van der Waals surface area contributed by atoms with E-state index in [1.54, 1.807) is 6.07 Å². The average Bonchev–Trinajstić information content (AvgIpc) is 3.25. The summed E-state index contributed by atoms with van der Waals surface area (Å²) in [6.07, 6.45) is 6.91. The molecule has 1 aromatic heterocycles. The number of hydrogen-bond donors (Lipinski definition) is 1. The molecule has 1 N–H and O–H groups in total. The van der Waals surface area contributed by atoms with Gasteiger partial charge in [-0.3, -0.25) is 4.90 Å². The second kappa shape index (κ2) is 11.9. The van der Waals surface area contributed by atoms with Crippen molar-refractivity contribution < 1.29 is 13.9 Å². The molecular weight excluding hydrogens is 417 g/mol. The topological polar surface area (TPSA) is 46.6 Å². The quantitative estimate of drug-likeness (QED) is 0.477. The molecule has 6 heteroatoms. The van der Waals surface area contributed by atoms with Crippen molar-refractivity contribution in [2.75, 3.05) is 31.6 Å². The Bertz CT molecular complexity index is 905. The fraction of sp³-hybridized carbons (Fsp3) is 0.593. The lowest BCUT2D eigenvalue weighted by Crippen LogP contribution is -2.24. The summed E-state index contributed by atoms with van der Waals surface area (Å²) in [7, 11) is 0. The number of rotatable bonds is 11. The lowest BCUT2D eigenvalue weighted by Gasteiger charge is -2.19. The summed E-state index contributed by atoms with van der Waals surface area (Å²) in [6, 6.07) is 9.43. The number of unbranched alkanes of at least 4 members (excludes halogenated alkanes) is 1. The number of hydrogen-bond acceptors (Lipinski definition) is 5. The SMILES string of the molecule is CC(C)OCc1ccc(F)cc1CN1CCC(OCCCCc2ccc3c(n2)NCCC3)C1. The highest BCUT2D eigenvalue weighted by Gasteiger charge is 2.23. The zero-order valence-corrected chi connectivity index (χ0v) is 20.1. The smallest absolute Gasteiger partial charge is 0.129 e. The summed E-state index contributed by atoms with van der Waals surface area (Å²) in [6.45, 7) is 9.01. The third kappa shape index (κ3) is 7.23. The van der Waals surface area contributed by atoms with Crippen LogP contribution in [0, 0.1) is 5.82 Å². The maximum Gasteiger partial charge on any atom is 0.129 e. The summed E-state index contributed by atoms with van der Waals surface area (Å²) in [5, 5.41) is 3.41. The van der Waals surface area contributed by atoms with E-state index in [4.69, 9.17) is 14.5 Å². The molecule has 4 rings (SSSR count). The minimum Gasteiger partial charge on any atom is -0.377 e. The fourth-order valence-electron chi connectivity index (χ4n) is 4.62. The predicted octanol–water partition coefficient (Wildman–Crippen LogP) is 5.12. The van der Waals surface area contributed by atoms with Gasteiger partial charge in [0.2, 0.25) is 0 Å². The van der Waals surface area contributed by atoms with Crippen LogP contribution in [0.5, 0.6) is 0 Å². The van der Waals surface area contributed by atoms with Crippen LogP contribution in [0.1, 0.15) is 61.9 Å². The molecule has 0 radical (unpaired) electrons. The van der Waals surface area contributed by atoms with Gasteiger partial charge in [0.1, 0.15) is 11.6 Å².